The third-order valence-electron chi connectivity index (χ3n) is 0.935. The molecule has 0 aromatic carbocycles. The van der Waals surface area contributed by atoms with Crippen LogP contribution in [-0.4, -0.2) is 6.66 Å². The molecule has 0 fully saturated rings. The molecule has 8 nitrogen and oxygen atoms in total. The molecule has 0 amide bonds. The Labute approximate surface area is 70.9 Å². The summed E-state index contributed by atoms with van der Waals surface area (Å²) in [5, 5.41) is 0. The topological polar surface area (TPSA) is 167 Å². The van der Waals surface area contributed by atoms with Crippen molar-refractivity contribution in [2.45, 2.75) is 0 Å². The third kappa shape index (κ3) is 2.76. The van der Waals surface area contributed by atoms with Crippen molar-refractivity contribution in [2.24, 2.45) is 41.1 Å². The smallest absolute Gasteiger partial charge is 0.209 e. The van der Waals surface area contributed by atoms with Crippen LogP contribution in [0.5, 0.6) is 0 Å². The van der Waals surface area contributed by atoms with Crippen molar-refractivity contribution in [3.05, 3.63) is 0 Å². The lowest BCUT2D eigenvalue weighted by molar-refractivity contribution is 1.48. The van der Waals surface area contributed by atoms with E-state index in [0.29, 0.717) is 0 Å². The first-order valence-corrected chi connectivity index (χ1v) is 8.81. The third-order valence-corrected chi connectivity index (χ3v) is 8.42. The van der Waals surface area contributed by atoms with Crippen LogP contribution in [0.2, 0.25) is 0 Å². The summed E-state index contributed by atoms with van der Waals surface area (Å²) in [7, 11) is -7.72. The fraction of sp³-hybridized carbons (Fsp3) is 1.00. The molecule has 0 spiro atoms. The molecule has 12 heavy (non-hydrogen) atoms. The largest absolute Gasteiger partial charge is 0.280 e. The highest BCUT2D eigenvalue weighted by Gasteiger charge is 2.22. The zero-order valence-corrected chi connectivity index (χ0v) is 9.25. The van der Waals surface area contributed by atoms with Crippen molar-refractivity contribution in [1.29, 1.82) is 0 Å². The van der Waals surface area contributed by atoms with E-state index < -0.39 is 22.4 Å². The van der Waals surface area contributed by atoms with Gasteiger partial charge in [0.05, 0.1) is 0 Å². The van der Waals surface area contributed by atoms with E-state index in [4.69, 9.17) is 27.5 Å². The summed E-state index contributed by atoms with van der Waals surface area (Å²) in [4.78, 5) is 0. The number of nitrogens with two attached hydrogens (primary N) is 5. The van der Waals surface area contributed by atoms with Gasteiger partial charge in [-0.05, 0) is 0 Å². The number of hydrogen-bond acceptors (Lipinski definition) is 8. The van der Waals surface area contributed by atoms with E-state index in [2.05, 4.69) is 13.5 Å². The highest BCUT2D eigenvalue weighted by Crippen LogP contribution is 2.64. The van der Waals surface area contributed by atoms with Crippen LogP contribution in [0.25, 0.3) is 0 Å². The van der Waals surface area contributed by atoms with E-state index in [1.165, 1.54) is 0 Å². The Morgan fingerprint density at radius 1 is 0.750 bits per heavy atom. The second kappa shape index (κ2) is 2.74. The maximum absolute atomic E-state index is 5.68. The average Bonchev–Trinajstić information content (AvgIpc) is 1.44. The summed E-state index contributed by atoms with van der Waals surface area (Å²) in [6, 6.07) is 0. The summed E-state index contributed by atoms with van der Waals surface area (Å²) in [6.07, 6.45) is 0. The SMILES string of the molecule is CP1(N)=NP(N)(N)=NP(N)(N)=N1. The lowest BCUT2D eigenvalue weighted by atomic mass is 12.0. The highest BCUT2D eigenvalue weighted by atomic mass is 31.3. The summed E-state index contributed by atoms with van der Waals surface area (Å²) in [5.41, 5.74) is 27.8. The summed E-state index contributed by atoms with van der Waals surface area (Å²) >= 11 is 0. The molecule has 0 saturated carbocycles. The lowest BCUT2D eigenvalue weighted by Gasteiger charge is -2.23. The molecule has 1 heterocycles. The van der Waals surface area contributed by atoms with Crippen LogP contribution in [0.4, 0.5) is 0 Å². The number of hydrogen-bond donors (Lipinski definition) is 5. The van der Waals surface area contributed by atoms with Crippen LogP contribution < -0.4 is 27.5 Å². The van der Waals surface area contributed by atoms with Crippen molar-refractivity contribution in [1.82, 2.24) is 0 Å². The minimum atomic E-state index is -2.70. The Hall–Kier alpha value is 0.490. The summed E-state index contributed by atoms with van der Waals surface area (Å²) in [6.45, 7) is 1.64. The molecule has 0 saturated heterocycles. The van der Waals surface area contributed by atoms with Gasteiger partial charge in [-0.2, -0.15) is 13.5 Å². The van der Waals surface area contributed by atoms with Gasteiger partial charge in [0.1, 0.15) is 7.36 Å². The molecule has 1 atom stereocenters. The van der Waals surface area contributed by atoms with Crippen molar-refractivity contribution in [3.63, 3.8) is 0 Å². The molecule has 0 radical (unpaired) electrons. The maximum atomic E-state index is 5.68. The molecule has 1 aliphatic heterocycles. The van der Waals surface area contributed by atoms with Crippen molar-refractivity contribution < 1.29 is 0 Å². The number of rotatable bonds is 0. The average molecular weight is 230 g/mol. The van der Waals surface area contributed by atoms with Crippen LogP contribution >= 0.6 is 22.4 Å². The molecular weight excluding hydrogens is 217 g/mol. The molecular formula is CH13N8P3. The first kappa shape index (κ1) is 10.6. The number of nitrogens with zero attached hydrogens (tertiary/aromatic N) is 3. The maximum Gasteiger partial charge on any atom is 0.209 e. The van der Waals surface area contributed by atoms with E-state index >= 15 is 0 Å². The Morgan fingerprint density at radius 3 is 1.50 bits per heavy atom. The van der Waals surface area contributed by atoms with Gasteiger partial charge in [-0.1, -0.05) is 0 Å². The van der Waals surface area contributed by atoms with Gasteiger partial charge in [0.15, 0.2) is 0 Å². The first-order valence-electron chi connectivity index (χ1n) is 2.94. The van der Waals surface area contributed by atoms with Crippen molar-refractivity contribution in [3.8, 4) is 0 Å². The summed E-state index contributed by atoms with van der Waals surface area (Å²) < 4.78 is 11.7. The van der Waals surface area contributed by atoms with E-state index in [9.17, 15) is 0 Å². The van der Waals surface area contributed by atoms with E-state index in [-0.39, 0.29) is 0 Å². The van der Waals surface area contributed by atoms with E-state index in [1.54, 1.807) is 6.66 Å². The normalized spacial score (nSPS) is 37.5. The molecule has 1 unspecified atom stereocenters. The Kier molecular flexibility index (Phi) is 2.41. The predicted molar refractivity (Wildman–Crippen MR) is 54.9 cm³/mol. The first-order chi connectivity index (χ1) is 5.12. The molecule has 0 bridgehead atoms. The van der Waals surface area contributed by atoms with Gasteiger partial charge < -0.3 is 0 Å². The van der Waals surface area contributed by atoms with Crippen LogP contribution in [0, 0.1) is 0 Å². The molecule has 10 N–H and O–H groups in total. The van der Waals surface area contributed by atoms with E-state index in [1.807, 2.05) is 0 Å². The van der Waals surface area contributed by atoms with Gasteiger partial charge in [-0.25, -0.2) is 0 Å². The monoisotopic (exact) mass is 230 g/mol. The summed E-state index contributed by atoms with van der Waals surface area (Å²) in [5.74, 6) is 0. The molecule has 0 aromatic heterocycles. The fourth-order valence-electron chi connectivity index (χ4n) is 0.863. The Morgan fingerprint density at radius 2 is 1.17 bits per heavy atom. The van der Waals surface area contributed by atoms with Crippen molar-refractivity contribution >= 4 is 22.4 Å². The molecule has 0 aromatic rings. The van der Waals surface area contributed by atoms with E-state index in [0.717, 1.165) is 0 Å². The van der Waals surface area contributed by atoms with Gasteiger partial charge in [0.2, 0.25) is 15.0 Å². The van der Waals surface area contributed by atoms with Gasteiger partial charge >= 0.3 is 0 Å². The molecule has 1 aliphatic rings. The van der Waals surface area contributed by atoms with Gasteiger partial charge in [0.25, 0.3) is 0 Å². The zero-order chi connectivity index (χ0) is 9.62. The lowest BCUT2D eigenvalue weighted by Crippen LogP contribution is -2.12. The quantitative estimate of drug-likeness (QED) is 0.377. The van der Waals surface area contributed by atoms with Crippen LogP contribution in [0.15, 0.2) is 13.5 Å². The Balaban J connectivity index is 3.46. The Bertz CT molecular complexity index is 271. The standard InChI is InChI=1S/CH13N8P3/c1-10(2)7-11(3,4)9-12(5,6)8-10/h2-6H2,1H3. The van der Waals surface area contributed by atoms with Gasteiger partial charge in [-0.3, -0.25) is 27.5 Å². The predicted octanol–water partition coefficient (Wildman–Crippen LogP) is 0.347. The second-order valence-electron chi connectivity index (χ2n) is 2.65. The second-order valence-corrected chi connectivity index (χ2v) is 9.55. The minimum Gasteiger partial charge on any atom is -0.280 e. The minimum absolute atomic E-state index is 1.64. The van der Waals surface area contributed by atoms with Crippen LogP contribution in [0.3, 0.4) is 0 Å². The highest BCUT2D eigenvalue weighted by molar-refractivity contribution is 7.83. The molecule has 72 valence electrons. The molecule has 0 aliphatic carbocycles. The van der Waals surface area contributed by atoms with Gasteiger partial charge in [0, 0.05) is 6.66 Å². The molecule has 1 rings (SSSR count). The van der Waals surface area contributed by atoms with Crippen LogP contribution in [-0.2, 0) is 0 Å². The fourth-order valence-corrected chi connectivity index (χ4v) is 8.74. The zero-order valence-electron chi connectivity index (χ0n) is 6.57. The van der Waals surface area contributed by atoms with Gasteiger partial charge in [-0.15, -0.1) is 0 Å². The van der Waals surface area contributed by atoms with Crippen molar-refractivity contribution in [2.75, 3.05) is 6.66 Å². The molecule has 11 heteroatoms. The van der Waals surface area contributed by atoms with Crippen LogP contribution in [0.1, 0.15) is 0 Å².